The van der Waals surface area contributed by atoms with Crippen molar-refractivity contribution in [3.8, 4) is 11.3 Å². The molecule has 152 valence electrons. The van der Waals surface area contributed by atoms with Crippen molar-refractivity contribution in [3.05, 3.63) is 77.3 Å². The smallest absolute Gasteiger partial charge is 0.335 e. The van der Waals surface area contributed by atoms with Crippen LogP contribution in [0.25, 0.3) is 11.3 Å². The number of nitrogens with zero attached hydrogens (tertiary/aromatic N) is 3. The summed E-state index contributed by atoms with van der Waals surface area (Å²) in [6.45, 7) is 5.02. The predicted octanol–water partition coefficient (Wildman–Crippen LogP) is 4.94. The average molecular weight is 420 g/mol. The lowest BCUT2D eigenvalue weighted by atomic mass is 10.0. The molecular weight excluding hydrogens is 398 g/mol. The second-order valence-electron chi connectivity index (χ2n) is 7.67. The Balaban J connectivity index is 1.52. The van der Waals surface area contributed by atoms with Gasteiger partial charge in [0.2, 0.25) is 0 Å². The highest BCUT2D eigenvalue weighted by atomic mass is 32.2. The SMILES string of the molecule is Cc1cc(C(=O)O)ccc1-c1ccc([C@@H]2[C@@H](c3ccccn3)N=C3S[C@@H](C)CN32)o1. The summed E-state index contributed by atoms with van der Waals surface area (Å²) in [7, 11) is 0. The van der Waals surface area contributed by atoms with Crippen molar-refractivity contribution < 1.29 is 14.3 Å². The molecule has 1 saturated heterocycles. The summed E-state index contributed by atoms with van der Waals surface area (Å²) in [5, 5.41) is 10.7. The number of benzene rings is 1. The first-order chi connectivity index (χ1) is 14.5. The summed E-state index contributed by atoms with van der Waals surface area (Å²) < 4.78 is 6.33. The van der Waals surface area contributed by atoms with Crippen LogP contribution in [0.5, 0.6) is 0 Å². The lowest BCUT2D eigenvalue weighted by Gasteiger charge is -2.25. The maximum absolute atomic E-state index is 11.2. The fraction of sp³-hybridized carbons (Fsp3) is 0.261. The van der Waals surface area contributed by atoms with E-state index in [1.165, 1.54) is 0 Å². The number of thioether (sulfide) groups is 1. The Morgan fingerprint density at radius 1 is 1.23 bits per heavy atom. The van der Waals surface area contributed by atoms with Crippen LogP contribution in [0.2, 0.25) is 0 Å². The van der Waals surface area contributed by atoms with E-state index in [0.717, 1.165) is 40.1 Å². The molecule has 0 unspecified atom stereocenters. The molecule has 2 aliphatic rings. The zero-order chi connectivity index (χ0) is 20.8. The molecule has 30 heavy (non-hydrogen) atoms. The average Bonchev–Trinajstić information content (AvgIpc) is 3.42. The van der Waals surface area contributed by atoms with E-state index in [-0.39, 0.29) is 17.6 Å². The summed E-state index contributed by atoms with van der Waals surface area (Å²) in [6.07, 6.45) is 1.80. The fourth-order valence-electron chi connectivity index (χ4n) is 4.15. The van der Waals surface area contributed by atoms with Gasteiger partial charge in [-0.1, -0.05) is 30.8 Å². The van der Waals surface area contributed by atoms with E-state index in [4.69, 9.17) is 9.41 Å². The van der Waals surface area contributed by atoms with Gasteiger partial charge in [0, 0.05) is 23.6 Å². The van der Waals surface area contributed by atoms with Gasteiger partial charge in [-0.2, -0.15) is 0 Å². The molecule has 0 spiro atoms. The zero-order valence-corrected chi connectivity index (χ0v) is 17.5. The highest BCUT2D eigenvalue weighted by Crippen LogP contribution is 2.48. The summed E-state index contributed by atoms with van der Waals surface area (Å²) in [4.78, 5) is 23.1. The third-order valence-electron chi connectivity index (χ3n) is 5.54. The van der Waals surface area contributed by atoms with Crippen LogP contribution in [-0.2, 0) is 0 Å². The summed E-state index contributed by atoms with van der Waals surface area (Å²) >= 11 is 1.79. The van der Waals surface area contributed by atoms with Crippen molar-refractivity contribution >= 4 is 22.9 Å². The Hall–Kier alpha value is -3.06. The molecule has 2 aromatic heterocycles. The molecule has 0 bridgehead atoms. The molecule has 5 rings (SSSR count). The number of hydrogen-bond donors (Lipinski definition) is 1. The minimum absolute atomic E-state index is 0.0419. The van der Waals surface area contributed by atoms with Crippen molar-refractivity contribution in [2.45, 2.75) is 31.2 Å². The molecule has 0 radical (unpaired) electrons. The predicted molar refractivity (Wildman–Crippen MR) is 117 cm³/mol. The van der Waals surface area contributed by atoms with Gasteiger partial charge in [-0.15, -0.1) is 0 Å². The van der Waals surface area contributed by atoms with Crippen LogP contribution < -0.4 is 0 Å². The molecule has 1 N–H and O–H groups in total. The normalized spacial score (nSPS) is 22.8. The van der Waals surface area contributed by atoms with E-state index >= 15 is 0 Å². The van der Waals surface area contributed by atoms with Crippen LogP contribution in [-0.4, -0.2) is 37.9 Å². The molecule has 3 atom stereocenters. The maximum atomic E-state index is 11.2. The minimum Gasteiger partial charge on any atom is -0.478 e. The fourth-order valence-corrected chi connectivity index (χ4v) is 5.25. The number of amidine groups is 1. The van der Waals surface area contributed by atoms with Crippen molar-refractivity contribution in [3.63, 3.8) is 0 Å². The Bertz CT molecular complexity index is 1140. The standard InChI is InChI=1S/C23H21N3O3S/c1-13-11-15(22(27)28)6-7-16(13)18-8-9-19(29-18)21-20(17-5-3-4-10-24-17)25-23-26(21)12-14(2)30-23/h3-11,14,20-21H,12H2,1-2H3,(H,27,28)/t14-,20+,21+/m0/s1. The lowest BCUT2D eigenvalue weighted by molar-refractivity contribution is 0.0697. The van der Waals surface area contributed by atoms with Crippen LogP contribution in [0.4, 0.5) is 0 Å². The van der Waals surface area contributed by atoms with Gasteiger partial charge in [0.05, 0.1) is 11.3 Å². The van der Waals surface area contributed by atoms with Crippen LogP contribution in [0.3, 0.4) is 0 Å². The molecule has 1 fully saturated rings. The second-order valence-corrected chi connectivity index (χ2v) is 9.08. The molecular formula is C23H21N3O3S. The molecule has 7 heteroatoms. The molecule has 1 aromatic carbocycles. The Kier molecular flexibility index (Phi) is 4.62. The van der Waals surface area contributed by atoms with E-state index < -0.39 is 5.97 Å². The molecule has 6 nitrogen and oxygen atoms in total. The van der Waals surface area contributed by atoms with E-state index in [9.17, 15) is 9.90 Å². The van der Waals surface area contributed by atoms with Crippen molar-refractivity contribution in [1.82, 2.24) is 9.88 Å². The number of carboxylic acids is 1. The number of aromatic nitrogens is 1. The minimum atomic E-state index is -0.931. The zero-order valence-electron chi connectivity index (χ0n) is 16.6. The number of fused-ring (bicyclic) bond motifs is 1. The van der Waals surface area contributed by atoms with Gasteiger partial charge in [-0.3, -0.25) is 4.98 Å². The number of aliphatic imine (C=N–C) groups is 1. The van der Waals surface area contributed by atoms with Gasteiger partial charge in [0.15, 0.2) is 5.17 Å². The van der Waals surface area contributed by atoms with Gasteiger partial charge in [-0.25, -0.2) is 9.79 Å². The van der Waals surface area contributed by atoms with E-state index in [0.29, 0.717) is 5.25 Å². The molecule has 2 aliphatic heterocycles. The summed E-state index contributed by atoms with van der Waals surface area (Å²) in [5.41, 5.74) is 2.96. The van der Waals surface area contributed by atoms with Gasteiger partial charge < -0.3 is 14.4 Å². The van der Waals surface area contributed by atoms with Crippen molar-refractivity contribution in [1.29, 1.82) is 0 Å². The van der Waals surface area contributed by atoms with Crippen LogP contribution >= 0.6 is 11.8 Å². The number of aromatic carboxylic acids is 1. The van der Waals surface area contributed by atoms with E-state index in [1.807, 2.05) is 43.3 Å². The number of carbonyl (C=O) groups is 1. The topological polar surface area (TPSA) is 78.9 Å². The largest absolute Gasteiger partial charge is 0.478 e. The third-order valence-corrected chi connectivity index (χ3v) is 6.64. The number of pyridine rings is 1. The van der Waals surface area contributed by atoms with E-state index in [1.54, 1.807) is 30.1 Å². The van der Waals surface area contributed by atoms with Crippen LogP contribution in [0.15, 0.2) is 64.1 Å². The summed E-state index contributed by atoms with van der Waals surface area (Å²) in [5.74, 6) is 0.641. The van der Waals surface area contributed by atoms with E-state index in [2.05, 4.69) is 16.8 Å². The van der Waals surface area contributed by atoms with Crippen molar-refractivity contribution in [2.75, 3.05) is 6.54 Å². The molecule has 0 saturated carbocycles. The summed E-state index contributed by atoms with van der Waals surface area (Å²) in [6, 6.07) is 14.8. The van der Waals surface area contributed by atoms with Crippen LogP contribution in [0, 0.1) is 6.92 Å². The number of rotatable bonds is 4. The molecule has 0 aliphatic carbocycles. The first-order valence-electron chi connectivity index (χ1n) is 9.87. The Morgan fingerprint density at radius 3 is 2.83 bits per heavy atom. The second kappa shape index (κ2) is 7.32. The monoisotopic (exact) mass is 419 g/mol. The Morgan fingerprint density at radius 2 is 2.10 bits per heavy atom. The number of carboxylic acid groups (broad SMARTS) is 1. The number of hydrogen-bond acceptors (Lipinski definition) is 6. The first kappa shape index (κ1) is 18.9. The van der Waals surface area contributed by atoms with Crippen molar-refractivity contribution in [2.24, 2.45) is 4.99 Å². The highest BCUT2D eigenvalue weighted by molar-refractivity contribution is 8.14. The maximum Gasteiger partial charge on any atom is 0.335 e. The van der Waals surface area contributed by atoms with Gasteiger partial charge in [0.1, 0.15) is 23.6 Å². The van der Waals surface area contributed by atoms with Gasteiger partial charge in [0.25, 0.3) is 0 Å². The van der Waals surface area contributed by atoms with Gasteiger partial charge in [-0.05, 0) is 48.9 Å². The highest BCUT2D eigenvalue weighted by Gasteiger charge is 2.45. The molecule has 4 heterocycles. The molecule has 0 amide bonds. The third kappa shape index (κ3) is 3.19. The number of furan rings is 1. The lowest BCUT2D eigenvalue weighted by Crippen LogP contribution is -2.28. The quantitative estimate of drug-likeness (QED) is 0.645. The van der Waals surface area contributed by atoms with Gasteiger partial charge >= 0.3 is 5.97 Å². The number of aryl methyl sites for hydroxylation is 1. The first-order valence-corrected chi connectivity index (χ1v) is 10.8. The van der Waals surface area contributed by atoms with Crippen LogP contribution in [0.1, 0.15) is 46.4 Å². The molecule has 3 aromatic rings. The Labute approximate surface area is 178 Å².